The summed E-state index contributed by atoms with van der Waals surface area (Å²) in [7, 11) is 0. The van der Waals surface area contributed by atoms with E-state index in [-0.39, 0.29) is 22.6 Å². The van der Waals surface area contributed by atoms with Gasteiger partial charge in [0.15, 0.2) is 5.75 Å². The van der Waals surface area contributed by atoms with Gasteiger partial charge in [-0.25, -0.2) is 0 Å². The number of nitro benzene ring substituents is 1. The first-order valence-corrected chi connectivity index (χ1v) is 8.56. The van der Waals surface area contributed by atoms with E-state index in [2.05, 4.69) is 0 Å². The van der Waals surface area contributed by atoms with Crippen molar-refractivity contribution in [3.8, 4) is 5.75 Å². The highest BCUT2D eigenvalue weighted by atomic mass is 16.6. The van der Waals surface area contributed by atoms with Crippen molar-refractivity contribution in [2.24, 2.45) is 0 Å². The minimum absolute atomic E-state index is 0.0211. The molecule has 1 amide bonds. The molecule has 0 saturated carbocycles. The average Bonchev–Trinajstić information content (AvgIpc) is 3.01. The standard InChI is InChI=1S/C17H23N3O4/c1-2-24-15-8-3-7-14(17(15)20(22)23)18-10-4-6-13(12-18)19-11-5-9-16(19)21/h3,7-8,13H,2,4-6,9-12H2,1H3/t13-/m1/s1. The Morgan fingerprint density at radius 2 is 2.17 bits per heavy atom. The van der Waals surface area contributed by atoms with Gasteiger partial charge >= 0.3 is 5.69 Å². The number of ether oxygens (including phenoxy) is 1. The molecule has 1 aromatic rings. The highest BCUT2D eigenvalue weighted by Gasteiger charge is 2.34. The van der Waals surface area contributed by atoms with Crippen LogP contribution in [0, 0.1) is 10.1 Å². The number of para-hydroxylation sites is 1. The van der Waals surface area contributed by atoms with E-state index in [0.717, 1.165) is 32.4 Å². The maximum atomic E-state index is 12.0. The lowest BCUT2D eigenvalue weighted by Crippen LogP contribution is -2.48. The number of hydrogen-bond acceptors (Lipinski definition) is 5. The maximum absolute atomic E-state index is 12.0. The first-order chi connectivity index (χ1) is 11.6. The van der Waals surface area contributed by atoms with Crippen LogP contribution in [0.3, 0.4) is 0 Å². The lowest BCUT2D eigenvalue weighted by atomic mass is 10.0. The van der Waals surface area contributed by atoms with E-state index in [9.17, 15) is 14.9 Å². The van der Waals surface area contributed by atoms with Crippen LogP contribution in [0.15, 0.2) is 18.2 Å². The van der Waals surface area contributed by atoms with Gasteiger partial charge in [-0.2, -0.15) is 0 Å². The highest BCUT2D eigenvalue weighted by molar-refractivity contribution is 5.78. The smallest absolute Gasteiger partial charge is 0.333 e. The number of amides is 1. The number of benzene rings is 1. The van der Waals surface area contributed by atoms with Gasteiger partial charge in [0.2, 0.25) is 5.91 Å². The fraction of sp³-hybridized carbons (Fsp3) is 0.588. The van der Waals surface area contributed by atoms with E-state index in [1.54, 1.807) is 18.2 Å². The largest absolute Gasteiger partial charge is 0.487 e. The third kappa shape index (κ3) is 3.16. The third-order valence-corrected chi connectivity index (χ3v) is 4.75. The van der Waals surface area contributed by atoms with Gasteiger partial charge in [0.05, 0.1) is 11.5 Å². The fourth-order valence-corrected chi connectivity index (χ4v) is 3.70. The quantitative estimate of drug-likeness (QED) is 0.611. The summed E-state index contributed by atoms with van der Waals surface area (Å²) in [6.45, 7) is 4.40. The summed E-state index contributed by atoms with van der Waals surface area (Å²) < 4.78 is 5.44. The van der Waals surface area contributed by atoms with Gasteiger partial charge in [0, 0.05) is 32.1 Å². The van der Waals surface area contributed by atoms with E-state index in [0.29, 0.717) is 31.0 Å². The molecule has 7 nitrogen and oxygen atoms in total. The summed E-state index contributed by atoms with van der Waals surface area (Å²) >= 11 is 0. The summed E-state index contributed by atoms with van der Waals surface area (Å²) in [5.74, 6) is 0.513. The number of rotatable bonds is 5. The van der Waals surface area contributed by atoms with Crippen molar-refractivity contribution in [3.63, 3.8) is 0 Å². The molecule has 3 rings (SSSR count). The van der Waals surface area contributed by atoms with E-state index >= 15 is 0 Å². The summed E-state index contributed by atoms with van der Waals surface area (Å²) in [6, 6.07) is 5.34. The molecule has 1 aromatic carbocycles. The number of anilines is 1. The lowest BCUT2D eigenvalue weighted by molar-refractivity contribution is -0.385. The first kappa shape index (κ1) is 16.5. The second kappa shape index (κ2) is 7.07. The molecule has 2 saturated heterocycles. The first-order valence-electron chi connectivity index (χ1n) is 8.56. The summed E-state index contributed by atoms with van der Waals surface area (Å²) in [5, 5.41) is 11.6. The van der Waals surface area contributed by atoms with E-state index in [4.69, 9.17) is 4.74 Å². The number of carbonyl (C=O) groups excluding carboxylic acids is 1. The number of hydrogen-bond donors (Lipinski definition) is 0. The molecule has 1 atom stereocenters. The molecule has 24 heavy (non-hydrogen) atoms. The predicted molar refractivity (Wildman–Crippen MR) is 90.4 cm³/mol. The normalized spacial score (nSPS) is 21.2. The van der Waals surface area contributed by atoms with Gasteiger partial charge in [0.1, 0.15) is 5.69 Å². The second-order valence-electron chi connectivity index (χ2n) is 6.25. The van der Waals surface area contributed by atoms with Gasteiger partial charge in [-0.05, 0) is 38.3 Å². The molecule has 2 heterocycles. The third-order valence-electron chi connectivity index (χ3n) is 4.75. The highest BCUT2D eigenvalue weighted by Crippen LogP contribution is 2.38. The van der Waals surface area contributed by atoms with Gasteiger partial charge in [-0.3, -0.25) is 14.9 Å². The molecule has 2 aliphatic heterocycles. The van der Waals surface area contributed by atoms with Crippen LogP contribution in [0.1, 0.15) is 32.6 Å². The Kier molecular flexibility index (Phi) is 4.87. The monoisotopic (exact) mass is 333 g/mol. The number of carbonyl (C=O) groups is 1. The number of piperidine rings is 1. The summed E-state index contributed by atoms with van der Waals surface area (Å²) in [4.78, 5) is 27.2. The van der Waals surface area contributed by atoms with Crippen molar-refractivity contribution in [2.45, 2.75) is 38.6 Å². The minimum atomic E-state index is -0.370. The molecule has 2 aliphatic rings. The van der Waals surface area contributed by atoms with E-state index in [1.165, 1.54) is 0 Å². The number of nitrogens with zero attached hydrogens (tertiary/aromatic N) is 3. The fourth-order valence-electron chi connectivity index (χ4n) is 3.70. The molecule has 0 spiro atoms. The average molecular weight is 333 g/mol. The molecule has 130 valence electrons. The Morgan fingerprint density at radius 1 is 1.33 bits per heavy atom. The molecule has 0 unspecified atom stereocenters. The lowest BCUT2D eigenvalue weighted by Gasteiger charge is -2.38. The molecule has 0 aliphatic carbocycles. The zero-order valence-corrected chi connectivity index (χ0v) is 13.9. The molecule has 7 heteroatoms. The van der Waals surface area contributed by atoms with Gasteiger partial charge in [-0.1, -0.05) is 6.07 Å². The van der Waals surface area contributed by atoms with Crippen molar-refractivity contribution >= 4 is 17.3 Å². The van der Waals surface area contributed by atoms with Gasteiger partial charge in [-0.15, -0.1) is 0 Å². The Bertz CT molecular complexity index is 634. The Morgan fingerprint density at radius 3 is 2.83 bits per heavy atom. The molecule has 0 bridgehead atoms. The topological polar surface area (TPSA) is 75.9 Å². The van der Waals surface area contributed by atoms with Crippen molar-refractivity contribution in [3.05, 3.63) is 28.3 Å². The van der Waals surface area contributed by atoms with Crippen LogP contribution < -0.4 is 9.64 Å². The van der Waals surface area contributed by atoms with Crippen LogP contribution in [-0.4, -0.2) is 48.0 Å². The van der Waals surface area contributed by atoms with Crippen LogP contribution >= 0.6 is 0 Å². The molecule has 0 radical (unpaired) electrons. The van der Waals surface area contributed by atoms with Crippen molar-refractivity contribution in [2.75, 3.05) is 31.1 Å². The molecule has 0 aromatic heterocycles. The summed E-state index contributed by atoms with van der Waals surface area (Å²) in [5.41, 5.74) is 0.607. The van der Waals surface area contributed by atoms with Crippen LogP contribution in [-0.2, 0) is 4.79 Å². The molecular weight excluding hydrogens is 310 g/mol. The van der Waals surface area contributed by atoms with Crippen molar-refractivity contribution in [1.82, 2.24) is 4.90 Å². The van der Waals surface area contributed by atoms with Crippen LogP contribution in [0.25, 0.3) is 0 Å². The molecular formula is C17H23N3O4. The van der Waals surface area contributed by atoms with E-state index < -0.39 is 0 Å². The van der Waals surface area contributed by atoms with Crippen LogP contribution in [0.4, 0.5) is 11.4 Å². The van der Waals surface area contributed by atoms with Crippen LogP contribution in [0.5, 0.6) is 5.75 Å². The maximum Gasteiger partial charge on any atom is 0.333 e. The number of likely N-dealkylation sites (tertiary alicyclic amines) is 1. The molecule has 0 N–H and O–H groups in total. The summed E-state index contributed by atoms with van der Waals surface area (Å²) in [6.07, 6.45) is 3.41. The Labute approximate surface area is 141 Å². The van der Waals surface area contributed by atoms with Crippen molar-refractivity contribution < 1.29 is 14.5 Å². The molecule has 2 fully saturated rings. The zero-order valence-electron chi connectivity index (χ0n) is 13.9. The SMILES string of the molecule is CCOc1cccc(N2CCC[C@@H](N3CCCC3=O)C2)c1[N+](=O)[O-]. The minimum Gasteiger partial charge on any atom is -0.487 e. The van der Waals surface area contributed by atoms with Gasteiger partial charge < -0.3 is 14.5 Å². The second-order valence-corrected chi connectivity index (χ2v) is 6.25. The number of nitro groups is 1. The Balaban J connectivity index is 1.86. The predicted octanol–water partition coefficient (Wildman–Crippen LogP) is 2.58. The van der Waals surface area contributed by atoms with E-state index in [1.807, 2.05) is 16.7 Å². The Hall–Kier alpha value is -2.31. The zero-order chi connectivity index (χ0) is 17.1. The van der Waals surface area contributed by atoms with Crippen LogP contribution in [0.2, 0.25) is 0 Å². The van der Waals surface area contributed by atoms with Gasteiger partial charge in [0.25, 0.3) is 0 Å². The van der Waals surface area contributed by atoms with Crippen molar-refractivity contribution in [1.29, 1.82) is 0 Å².